The maximum absolute atomic E-state index is 7.98. The smallest absolute Gasteiger partial charge is 0.227 e. The van der Waals surface area contributed by atoms with Crippen molar-refractivity contribution in [3.63, 3.8) is 0 Å². The Bertz CT molecular complexity index is 1670. The molecule has 3 aromatic heterocycles. The molecule has 0 saturated heterocycles. The molecule has 0 aliphatic heterocycles. The zero-order chi connectivity index (χ0) is 27.6. The highest BCUT2D eigenvalue weighted by atomic mass is 16.3. The van der Waals surface area contributed by atoms with Crippen molar-refractivity contribution in [2.45, 2.75) is 39.9 Å². The lowest BCUT2D eigenvalue weighted by Crippen LogP contribution is -2.31. The molecule has 0 spiro atoms. The summed E-state index contributed by atoms with van der Waals surface area (Å²) in [4.78, 5) is 4.47. The minimum Gasteiger partial charge on any atom is -0.437 e. The zero-order valence-electron chi connectivity index (χ0n) is 24.7. The Balaban J connectivity index is 1.69. The number of nitrogens with zero attached hydrogens (tertiary/aromatic N) is 2. The van der Waals surface area contributed by atoms with Crippen LogP contribution in [0.5, 0.6) is 0 Å². The molecule has 2 aromatic carbocycles. The first-order valence-corrected chi connectivity index (χ1v) is 10.6. The maximum Gasteiger partial charge on any atom is 0.227 e. The minimum atomic E-state index is -2.79. The number of aryl methyl sites for hydroxylation is 3. The third-order valence-electron chi connectivity index (χ3n) is 6.00. The molecule has 0 aliphatic rings. The number of aromatic nitrogens is 2. The Morgan fingerprint density at radius 2 is 1.59 bits per heavy atom. The number of pyridine rings is 2. The SMILES string of the molecule is [2H]C([2H])([2H])C(C)(c1ccc2c(n1)oc1c(-c3ccc(-c4ccc(C)cc4)c[n+]3C)c(C)ccc12)C([2H])([2H])[2H]. The standard InChI is InChI=1S/C29H29N2O/c1-18-7-10-20(11-8-18)21-12-15-24(31(6)17-21)26-19(2)9-13-22-23-14-16-25(29(3,4)5)30-28(23)32-27(22)26/h7-17H,1-6H3/q+1/i3D3,4D3. The number of hydrogen-bond acceptors (Lipinski definition) is 2. The Morgan fingerprint density at radius 3 is 2.31 bits per heavy atom. The molecule has 0 aliphatic carbocycles. The Labute approximate surface area is 197 Å². The van der Waals surface area contributed by atoms with E-state index in [-0.39, 0.29) is 11.4 Å². The van der Waals surface area contributed by atoms with Gasteiger partial charge in [-0.05, 0) is 43.2 Å². The van der Waals surface area contributed by atoms with Gasteiger partial charge in [0.25, 0.3) is 0 Å². The molecule has 0 fully saturated rings. The quantitative estimate of drug-likeness (QED) is 0.282. The molecule has 5 rings (SSSR count). The molecular weight excluding hydrogens is 392 g/mol. The lowest BCUT2D eigenvalue weighted by molar-refractivity contribution is -0.659. The van der Waals surface area contributed by atoms with Crippen molar-refractivity contribution in [1.29, 1.82) is 0 Å². The summed E-state index contributed by atoms with van der Waals surface area (Å²) >= 11 is 0. The average Bonchev–Trinajstić information content (AvgIpc) is 3.20. The first-order chi connectivity index (χ1) is 17.7. The summed E-state index contributed by atoms with van der Waals surface area (Å²) in [5.41, 5.74) is 4.90. The van der Waals surface area contributed by atoms with Gasteiger partial charge in [0.1, 0.15) is 7.05 Å². The number of furan rings is 1. The summed E-state index contributed by atoms with van der Waals surface area (Å²) in [6.07, 6.45) is 2.08. The normalized spacial score (nSPS) is 15.6. The van der Waals surface area contributed by atoms with Gasteiger partial charge in [0.05, 0.1) is 5.56 Å². The van der Waals surface area contributed by atoms with E-state index in [9.17, 15) is 0 Å². The highest BCUT2D eigenvalue weighted by molar-refractivity contribution is 6.08. The summed E-state index contributed by atoms with van der Waals surface area (Å²) in [6.45, 7) is -0.294. The molecule has 32 heavy (non-hydrogen) atoms. The van der Waals surface area contributed by atoms with E-state index in [1.165, 1.54) is 18.6 Å². The number of benzene rings is 2. The van der Waals surface area contributed by atoms with Crippen molar-refractivity contribution in [1.82, 2.24) is 4.98 Å². The van der Waals surface area contributed by atoms with Gasteiger partial charge in [-0.2, -0.15) is 0 Å². The first-order valence-electron chi connectivity index (χ1n) is 13.6. The van der Waals surface area contributed by atoms with Gasteiger partial charge < -0.3 is 4.42 Å². The molecule has 0 bridgehead atoms. The molecule has 160 valence electrons. The molecular formula is C29H29N2O+. The molecule has 0 radical (unpaired) electrons. The van der Waals surface area contributed by atoms with E-state index < -0.39 is 19.1 Å². The molecule has 0 atom stereocenters. The van der Waals surface area contributed by atoms with Crippen LogP contribution < -0.4 is 4.57 Å². The van der Waals surface area contributed by atoms with E-state index in [0.29, 0.717) is 11.0 Å². The van der Waals surface area contributed by atoms with Crippen molar-refractivity contribution in [2.24, 2.45) is 7.05 Å². The van der Waals surface area contributed by atoms with Crippen LogP contribution in [0.4, 0.5) is 0 Å². The average molecular weight is 428 g/mol. The van der Waals surface area contributed by atoms with E-state index in [1.54, 1.807) is 6.07 Å². The van der Waals surface area contributed by atoms with Gasteiger partial charge >= 0.3 is 0 Å². The Kier molecular flexibility index (Phi) is 3.33. The van der Waals surface area contributed by atoms with E-state index in [4.69, 9.17) is 12.6 Å². The van der Waals surface area contributed by atoms with Crippen LogP contribution in [0.15, 0.2) is 71.3 Å². The third-order valence-corrected chi connectivity index (χ3v) is 6.00. The van der Waals surface area contributed by atoms with Crippen molar-refractivity contribution in [3.8, 4) is 22.4 Å². The van der Waals surface area contributed by atoms with Crippen molar-refractivity contribution in [3.05, 3.63) is 83.7 Å². The summed E-state index contributed by atoms with van der Waals surface area (Å²) in [5.74, 6) is 0. The predicted octanol–water partition coefficient (Wildman–Crippen LogP) is 7.05. The number of rotatable bonds is 2. The first kappa shape index (κ1) is 14.6. The lowest BCUT2D eigenvalue weighted by atomic mass is 9.91. The fraction of sp³-hybridized carbons (Fsp3) is 0.241. The van der Waals surface area contributed by atoms with Crippen LogP contribution >= 0.6 is 0 Å². The van der Waals surface area contributed by atoms with Gasteiger partial charge in [0.2, 0.25) is 11.4 Å². The van der Waals surface area contributed by atoms with Crippen LogP contribution in [0.3, 0.4) is 0 Å². The summed E-state index contributed by atoms with van der Waals surface area (Å²) in [6, 6.07) is 19.7. The van der Waals surface area contributed by atoms with Crippen LogP contribution in [-0.4, -0.2) is 4.98 Å². The second-order valence-corrected chi connectivity index (χ2v) is 8.69. The monoisotopic (exact) mass is 427 g/mol. The molecule has 0 N–H and O–H groups in total. The van der Waals surface area contributed by atoms with Gasteiger partial charge in [0.15, 0.2) is 11.8 Å². The fourth-order valence-corrected chi connectivity index (χ4v) is 4.20. The summed E-state index contributed by atoms with van der Waals surface area (Å²) < 4.78 is 56.2. The fourth-order valence-electron chi connectivity index (χ4n) is 4.20. The van der Waals surface area contributed by atoms with Crippen LogP contribution in [0.1, 0.15) is 45.7 Å². The van der Waals surface area contributed by atoms with Gasteiger partial charge in [-0.15, -0.1) is 0 Å². The number of hydrogen-bond donors (Lipinski definition) is 0. The Hall–Kier alpha value is -3.46. The molecule has 0 unspecified atom stereocenters. The Morgan fingerprint density at radius 1 is 0.875 bits per heavy atom. The van der Waals surface area contributed by atoms with E-state index in [0.717, 1.165) is 33.3 Å². The predicted molar refractivity (Wildman–Crippen MR) is 132 cm³/mol. The largest absolute Gasteiger partial charge is 0.437 e. The summed E-state index contributed by atoms with van der Waals surface area (Å²) in [7, 11) is 1.99. The van der Waals surface area contributed by atoms with Crippen molar-refractivity contribution >= 4 is 22.1 Å². The van der Waals surface area contributed by atoms with Gasteiger partial charge in [-0.25, -0.2) is 9.55 Å². The van der Waals surface area contributed by atoms with E-state index >= 15 is 0 Å². The summed E-state index contributed by atoms with van der Waals surface area (Å²) in [5, 5.41) is 1.52. The number of fused-ring (bicyclic) bond motifs is 3. The van der Waals surface area contributed by atoms with Gasteiger partial charge in [-0.1, -0.05) is 62.6 Å². The molecule has 0 amide bonds. The van der Waals surface area contributed by atoms with Crippen LogP contribution in [0.2, 0.25) is 0 Å². The topological polar surface area (TPSA) is 29.9 Å². The maximum atomic E-state index is 7.98. The second-order valence-electron chi connectivity index (χ2n) is 8.69. The van der Waals surface area contributed by atoms with E-state index in [1.807, 2.05) is 26.1 Å². The van der Waals surface area contributed by atoms with Gasteiger partial charge in [-0.3, -0.25) is 0 Å². The molecule has 3 heteroatoms. The molecule has 5 aromatic rings. The van der Waals surface area contributed by atoms with Crippen molar-refractivity contribution < 1.29 is 17.2 Å². The zero-order valence-corrected chi connectivity index (χ0v) is 18.7. The van der Waals surface area contributed by atoms with Crippen LogP contribution in [0.25, 0.3) is 44.5 Å². The minimum absolute atomic E-state index is 0.0460. The highest BCUT2D eigenvalue weighted by Crippen LogP contribution is 2.37. The van der Waals surface area contributed by atoms with Gasteiger partial charge in [0, 0.05) is 41.7 Å². The molecule has 3 heterocycles. The highest BCUT2D eigenvalue weighted by Gasteiger charge is 2.23. The van der Waals surface area contributed by atoms with Crippen molar-refractivity contribution in [2.75, 3.05) is 0 Å². The molecule has 0 saturated carbocycles. The van der Waals surface area contributed by atoms with Crippen LogP contribution in [-0.2, 0) is 12.5 Å². The van der Waals surface area contributed by atoms with Crippen LogP contribution in [0, 0.1) is 13.8 Å². The second kappa shape index (κ2) is 7.30. The molecule has 3 nitrogen and oxygen atoms in total. The third kappa shape index (κ3) is 3.38. The lowest BCUT2D eigenvalue weighted by Gasteiger charge is -2.16. The van der Waals surface area contributed by atoms with E-state index in [2.05, 4.69) is 59.1 Å².